The highest BCUT2D eigenvalue weighted by Crippen LogP contribution is 2.36. The fourth-order valence-corrected chi connectivity index (χ4v) is 3.13. The number of likely N-dealkylation sites (tertiary alicyclic amines) is 1. The molecule has 1 aromatic rings. The topological polar surface area (TPSA) is 50.2 Å². The summed E-state index contributed by atoms with van der Waals surface area (Å²) in [7, 11) is 1.87. The van der Waals surface area contributed by atoms with E-state index < -0.39 is 0 Å². The van der Waals surface area contributed by atoms with Crippen LogP contribution in [0.5, 0.6) is 0 Å². The van der Waals surface area contributed by atoms with Gasteiger partial charge in [0.05, 0.1) is 11.8 Å². The van der Waals surface area contributed by atoms with Crippen LogP contribution in [0.25, 0.3) is 0 Å². The zero-order valence-corrected chi connectivity index (χ0v) is 11.1. The van der Waals surface area contributed by atoms with Crippen LogP contribution in [0.3, 0.4) is 0 Å². The first-order valence-electron chi connectivity index (χ1n) is 6.60. The molecule has 2 aliphatic heterocycles. The smallest absolute Gasteiger partial charge is 0.257 e. The van der Waals surface area contributed by atoms with Gasteiger partial charge in [-0.15, -0.1) is 0 Å². The van der Waals surface area contributed by atoms with E-state index >= 15 is 0 Å². The molecule has 2 saturated heterocycles. The highest BCUT2D eigenvalue weighted by atomic mass is 16.2. The molecule has 18 heavy (non-hydrogen) atoms. The SMILES string of the molecule is Cc1c(C(=O)N2CCC3(CCNC3)C2)cnn1C. The molecule has 1 spiro atoms. The molecule has 98 valence electrons. The molecule has 0 saturated carbocycles. The Morgan fingerprint density at radius 3 is 2.94 bits per heavy atom. The number of rotatable bonds is 1. The Bertz CT molecular complexity index is 473. The molecule has 5 heteroatoms. The van der Waals surface area contributed by atoms with Gasteiger partial charge in [0, 0.05) is 37.8 Å². The quantitative estimate of drug-likeness (QED) is 0.790. The van der Waals surface area contributed by atoms with Gasteiger partial charge < -0.3 is 10.2 Å². The molecule has 3 rings (SSSR count). The minimum absolute atomic E-state index is 0.143. The minimum Gasteiger partial charge on any atom is -0.338 e. The summed E-state index contributed by atoms with van der Waals surface area (Å²) in [5.74, 6) is 0.143. The van der Waals surface area contributed by atoms with Gasteiger partial charge in [0.1, 0.15) is 0 Å². The van der Waals surface area contributed by atoms with Gasteiger partial charge in [0.15, 0.2) is 0 Å². The van der Waals surface area contributed by atoms with Crippen molar-refractivity contribution in [1.29, 1.82) is 0 Å². The Hall–Kier alpha value is -1.36. The van der Waals surface area contributed by atoms with Crippen molar-refractivity contribution in [1.82, 2.24) is 20.0 Å². The van der Waals surface area contributed by atoms with E-state index in [0.29, 0.717) is 5.41 Å². The third-order valence-electron chi connectivity index (χ3n) is 4.52. The van der Waals surface area contributed by atoms with Crippen LogP contribution in [0.2, 0.25) is 0 Å². The van der Waals surface area contributed by atoms with Crippen LogP contribution >= 0.6 is 0 Å². The van der Waals surface area contributed by atoms with Gasteiger partial charge >= 0.3 is 0 Å². The van der Waals surface area contributed by atoms with Gasteiger partial charge in [-0.25, -0.2) is 0 Å². The maximum atomic E-state index is 12.5. The fraction of sp³-hybridized carbons (Fsp3) is 0.692. The Labute approximate surface area is 107 Å². The predicted octanol–water partition coefficient (Wildman–Crippen LogP) is 0.554. The predicted molar refractivity (Wildman–Crippen MR) is 68.4 cm³/mol. The second kappa shape index (κ2) is 4.09. The third kappa shape index (κ3) is 1.73. The first-order valence-corrected chi connectivity index (χ1v) is 6.60. The van der Waals surface area contributed by atoms with Gasteiger partial charge in [-0.2, -0.15) is 5.10 Å². The second-order valence-corrected chi connectivity index (χ2v) is 5.67. The Morgan fingerprint density at radius 1 is 1.50 bits per heavy atom. The fourth-order valence-electron chi connectivity index (χ4n) is 3.13. The molecule has 0 bridgehead atoms. The van der Waals surface area contributed by atoms with Crippen LogP contribution in [0.1, 0.15) is 28.9 Å². The van der Waals surface area contributed by atoms with Crippen LogP contribution in [-0.2, 0) is 7.05 Å². The number of amides is 1. The summed E-state index contributed by atoms with van der Waals surface area (Å²) in [6.45, 7) is 5.88. The summed E-state index contributed by atoms with van der Waals surface area (Å²) >= 11 is 0. The van der Waals surface area contributed by atoms with E-state index in [1.807, 2.05) is 18.9 Å². The highest BCUT2D eigenvalue weighted by molar-refractivity contribution is 5.95. The molecule has 2 aliphatic rings. The maximum Gasteiger partial charge on any atom is 0.257 e. The van der Waals surface area contributed by atoms with Gasteiger partial charge in [0.25, 0.3) is 5.91 Å². The monoisotopic (exact) mass is 248 g/mol. The first kappa shape index (κ1) is 11.7. The largest absolute Gasteiger partial charge is 0.338 e. The van der Waals surface area contributed by atoms with Crippen molar-refractivity contribution in [2.24, 2.45) is 12.5 Å². The molecule has 2 fully saturated rings. The summed E-state index contributed by atoms with van der Waals surface area (Å²) in [6, 6.07) is 0. The van der Waals surface area contributed by atoms with Crippen LogP contribution < -0.4 is 5.32 Å². The van der Waals surface area contributed by atoms with Crippen molar-refractivity contribution in [3.05, 3.63) is 17.5 Å². The first-order chi connectivity index (χ1) is 8.61. The Balaban J connectivity index is 1.76. The molecule has 1 unspecified atom stereocenters. The van der Waals surface area contributed by atoms with Gasteiger partial charge in [-0.1, -0.05) is 0 Å². The standard InChI is InChI=1S/C13H20N4O/c1-10-11(7-15-16(10)2)12(18)17-6-4-13(9-17)3-5-14-8-13/h7,14H,3-6,8-9H2,1-2H3. The summed E-state index contributed by atoms with van der Waals surface area (Å²) in [5, 5.41) is 7.57. The Kier molecular flexibility index (Phi) is 2.66. The van der Waals surface area contributed by atoms with Crippen LogP contribution in [0.4, 0.5) is 0 Å². The van der Waals surface area contributed by atoms with Crippen LogP contribution in [-0.4, -0.2) is 46.8 Å². The summed E-state index contributed by atoms with van der Waals surface area (Å²) < 4.78 is 1.76. The molecular formula is C13H20N4O. The molecule has 1 aromatic heterocycles. The third-order valence-corrected chi connectivity index (χ3v) is 4.52. The van der Waals surface area contributed by atoms with Gasteiger partial charge in [-0.05, 0) is 26.3 Å². The number of hydrogen-bond acceptors (Lipinski definition) is 3. The number of hydrogen-bond donors (Lipinski definition) is 1. The Morgan fingerprint density at radius 2 is 2.33 bits per heavy atom. The second-order valence-electron chi connectivity index (χ2n) is 5.67. The van der Waals surface area contributed by atoms with E-state index in [9.17, 15) is 4.79 Å². The van der Waals surface area contributed by atoms with Crippen molar-refractivity contribution >= 4 is 5.91 Å². The lowest BCUT2D eigenvalue weighted by Gasteiger charge is -2.22. The van der Waals surface area contributed by atoms with E-state index in [1.165, 1.54) is 6.42 Å². The lowest BCUT2D eigenvalue weighted by molar-refractivity contribution is 0.0775. The molecule has 0 radical (unpaired) electrons. The van der Waals surface area contributed by atoms with Crippen LogP contribution in [0.15, 0.2) is 6.20 Å². The van der Waals surface area contributed by atoms with Crippen molar-refractivity contribution < 1.29 is 4.79 Å². The molecule has 0 aliphatic carbocycles. The van der Waals surface area contributed by atoms with Crippen molar-refractivity contribution in [2.45, 2.75) is 19.8 Å². The number of nitrogens with one attached hydrogen (secondary N) is 1. The zero-order chi connectivity index (χ0) is 12.8. The van der Waals surface area contributed by atoms with Gasteiger partial charge in [-0.3, -0.25) is 9.48 Å². The van der Waals surface area contributed by atoms with E-state index in [2.05, 4.69) is 10.4 Å². The summed E-state index contributed by atoms with van der Waals surface area (Å²) in [4.78, 5) is 14.5. The summed E-state index contributed by atoms with van der Waals surface area (Å²) in [5.41, 5.74) is 2.04. The number of aromatic nitrogens is 2. The number of nitrogens with zero attached hydrogens (tertiary/aromatic N) is 3. The lowest BCUT2D eigenvalue weighted by Crippen LogP contribution is -2.33. The van der Waals surface area contributed by atoms with Crippen molar-refractivity contribution in [3.63, 3.8) is 0 Å². The van der Waals surface area contributed by atoms with E-state index in [1.54, 1.807) is 10.9 Å². The van der Waals surface area contributed by atoms with Crippen molar-refractivity contribution in [3.8, 4) is 0 Å². The minimum atomic E-state index is 0.143. The number of aryl methyl sites for hydroxylation is 1. The van der Waals surface area contributed by atoms with E-state index in [-0.39, 0.29) is 5.91 Å². The molecule has 5 nitrogen and oxygen atoms in total. The zero-order valence-electron chi connectivity index (χ0n) is 11.1. The van der Waals surface area contributed by atoms with Crippen molar-refractivity contribution in [2.75, 3.05) is 26.2 Å². The molecular weight excluding hydrogens is 228 g/mol. The van der Waals surface area contributed by atoms with Crippen LogP contribution in [0, 0.1) is 12.3 Å². The van der Waals surface area contributed by atoms with E-state index in [0.717, 1.165) is 43.9 Å². The average Bonchev–Trinajstić information content (AvgIpc) is 3.05. The van der Waals surface area contributed by atoms with Gasteiger partial charge in [0.2, 0.25) is 0 Å². The number of carbonyl (C=O) groups is 1. The molecule has 0 aromatic carbocycles. The molecule has 3 heterocycles. The molecule has 1 atom stereocenters. The normalized spacial score (nSPS) is 27.3. The average molecular weight is 248 g/mol. The number of carbonyl (C=O) groups excluding carboxylic acids is 1. The summed E-state index contributed by atoms with van der Waals surface area (Å²) in [6.07, 6.45) is 4.02. The van der Waals surface area contributed by atoms with E-state index in [4.69, 9.17) is 0 Å². The lowest BCUT2D eigenvalue weighted by atomic mass is 9.86. The maximum absolute atomic E-state index is 12.5. The highest BCUT2D eigenvalue weighted by Gasteiger charge is 2.42. The molecule has 1 amide bonds. The molecule has 1 N–H and O–H groups in total.